The topological polar surface area (TPSA) is 37.3 Å². The summed E-state index contributed by atoms with van der Waals surface area (Å²) in [5.74, 6) is -2.31. The maximum Gasteiger partial charge on any atom is 0.305 e. The van der Waals surface area contributed by atoms with E-state index in [0.717, 1.165) is 44.9 Å². The molecule has 4 rings (SSSR count). The minimum Gasteiger partial charge on any atom is -0.390 e. The zero-order valence-corrected chi connectivity index (χ0v) is 19.6. The first-order valence-electron chi connectivity index (χ1n) is 12.4. The third kappa shape index (κ3) is 3.48. The number of rotatable bonds is 4. The summed E-state index contributed by atoms with van der Waals surface area (Å²) >= 11 is 0. The molecule has 0 amide bonds. The third-order valence-corrected chi connectivity index (χ3v) is 10.5. The first-order chi connectivity index (χ1) is 13.8. The normalized spacial score (nSPS) is 48.8. The highest BCUT2D eigenvalue weighted by molar-refractivity contribution is 5.87. The second-order valence-electron chi connectivity index (χ2n) is 12.6. The fraction of sp³-hybridized carbons (Fsp3) is 0.962. The Morgan fingerprint density at radius 3 is 2.30 bits per heavy atom. The average Bonchev–Trinajstić information content (AvgIpc) is 2.97. The number of ketones is 1. The number of halogens is 2. The highest BCUT2D eigenvalue weighted by Crippen LogP contribution is 2.68. The van der Waals surface area contributed by atoms with E-state index in [2.05, 4.69) is 13.8 Å². The highest BCUT2D eigenvalue weighted by atomic mass is 19.3. The molecule has 4 fully saturated rings. The summed E-state index contributed by atoms with van der Waals surface area (Å²) in [4.78, 5) is 12.1. The van der Waals surface area contributed by atoms with E-state index in [0.29, 0.717) is 29.1 Å². The van der Waals surface area contributed by atoms with Crippen LogP contribution in [0.2, 0.25) is 0 Å². The zero-order chi connectivity index (χ0) is 22.1. The van der Waals surface area contributed by atoms with Crippen LogP contribution in [-0.4, -0.2) is 22.4 Å². The molecule has 4 aliphatic rings. The monoisotopic (exact) mass is 424 g/mol. The number of aliphatic hydroxyl groups is 1. The summed E-state index contributed by atoms with van der Waals surface area (Å²) in [5.41, 5.74) is -0.277. The van der Waals surface area contributed by atoms with Crippen molar-refractivity contribution in [1.29, 1.82) is 0 Å². The van der Waals surface area contributed by atoms with Crippen molar-refractivity contribution in [2.75, 3.05) is 0 Å². The molecule has 2 nitrogen and oxygen atoms in total. The molecule has 0 aromatic rings. The lowest BCUT2D eigenvalue weighted by molar-refractivity contribution is -0.158. The van der Waals surface area contributed by atoms with E-state index < -0.39 is 23.2 Å². The van der Waals surface area contributed by atoms with Crippen LogP contribution in [0, 0.1) is 46.3 Å². The molecule has 172 valence electrons. The number of hydrogen-bond donors (Lipinski definition) is 1. The van der Waals surface area contributed by atoms with Gasteiger partial charge in [0, 0.05) is 12.3 Å². The van der Waals surface area contributed by atoms with Crippen molar-refractivity contribution >= 4 is 5.78 Å². The van der Waals surface area contributed by atoms with Gasteiger partial charge in [-0.15, -0.1) is 0 Å². The highest BCUT2D eigenvalue weighted by Gasteiger charge is 2.62. The van der Waals surface area contributed by atoms with E-state index in [1.807, 2.05) is 6.92 Å². The predicted molar refractivity (Wildman–Crippen MR) is 115 cm³/mol. The molecular weight excluding hydrogens is 382 g/mol. The Morgan fingerprint density at radius 2 is 1.63 bits per heavy atom. The SMILES string of the molecule is CC(C)C(=O)C(F)(F)C[C@H]1CCC2C3CC[C@H]4C[C@@](C)(O)CC[C@]4(C)C3CCC21C. The predicted octanol–water partition coefficient (Wildman–Crippen LogP) is 6.65. The van der Waals surface area contributed by atoms with E-state index in [9.17, 15) is 18.7 Å². The maximum absolute atomic E-state index is 14.8. The van der Waals surface area contributed by atoms with Crippen molar-refractivity contribution in [3.8, 4) is 0 Å². The molecule has 0 bridgehead atoms. The van der Waals surface area contributed by atoms with Crippen LogP contribution in [0.3, 0.4) is 0 Å². The van der Waals surface area contributed by atoms with Gasteiger partial charge in [0.05, 0.1) is 5.60 Å². The molecule has 0 radical (unpaired) electrons. The van der Waals surface area contributed by atoms with Crippen molar-refractivity contribution in [2.24, 2.45) is 46.3 Å². The first kappa shape index (κ1) is 22.7. The lowest BCUT2D eigenvalue weighted by Gasteiger charge is -2.62. The van der Waals surface area contributed by atoms with E-state index in [1.165, 1.54) is 12.8 Å². The van der Waals surface area contributed by atoms with Gasteiger partial charge in [0.15, 0.2) is 0 Å². The smallest absolute Gasteiger partial charge is 0.305 e. The maximum atomic E-state index is 14.8. The Morgan fingerprint density at radius 1 is 0.967 bits per heavy atom. The molecule has 1 N–H and O–H groups in total. The number of hydrogen-bond acceptors (Lipinski definition) is 2. The van der Waals surface area contributed by atoms with Gasteiger partial charge in [0.1, 0.15) is 0 Å². The fourth-order valence-corrected chi connectivity index (χ4v) is 8.71. The van der Waals surface area contributed by atoms with Gasteiger partial charge < -0.3 is 5.11 Å². The van der Waals surface area contributed by atoms with Crippen LogP contribution in [-0.2, 0) is 4.79 Å². The second kappa shape index (κ2) is 7.25. The molecule has 0 saturated heterocycles. The first-order valence-corrected chi connectivity index (χ1v) is 12.4. The summed E-state index contributed by atoms with van der Waals surface area (Å²) in [7, 11) is 0. The second-order valence-corrected chi connectivity index (χ2v) is 12.6. The van der Waals surface area contributed by atoms with E-state index >= 15 is 0 Å². The summed E-state index contributed by atoms with van der Waals surface area (Å²) in [5, 5.41) is 10.6. The number of alkyl halides is 2. The van der Waals surface area contributed by atoms with Gasteiger partial charge in [-0.3, -0.25) is 4.79 Å². The van der Waals surface area contributed by atoms with Crippen molar-refractivity contribution in [3.63, 3.8) is 0 Å². The Kier molecular flexibility index (Phi) is 5.48. The largest absolute Gasteiger partial charge is 0.390 e. The third-order valence-electron chi connectivity index (χ3n) is 10.5. The summed E-state index contributed by atoms with van der Waals surface area (Å²) in [6.07, 6.45) is 9.06. The van der Waals surface area contributed by atoms with Crippen molar-refractivity contribution in [1.82, 2.24) is 0 Å². The fourth-order valence-electron chi connectivity index (χ4n) is 8.71. The van der Waals surface area contributed by atoms with Crippen molar-refractivity contribution < 1.29 is 18.7 Å². The minimum atomic E-state index is -3.19. The molecule has 30 heavy (non-hydrogen) atoms. The van der Waals surface area contributed by atoms with Crippen LogP contribution in [0.15, 0.2) is 0 Å². The molecule has 0 aliphatic heterocycles. The molecule has 0 aromatic heterocycles. The minimum absolute atomic E-state index is 0.0428. The number of carbonyl (C=O) groups is 1. The molecule has 4 saturated carbocycles. The van der Waals surface area contributed by atoms with Crippen LogP contribution in [0.1, 0.15) is 98.8 Å². The van der Waals surface area contributed by atoms with Gasteiger partial charge >= 0.3 is 5.92 Å². The standard InChI is InChI=1S/C26H42F2O2/c1-16(2)22(29)26(27,28)15-18-7-9-20-19-8-6-17-14-23(3,30)12-13-25(17,5)21(19)10-11-24(18,20)4/h16-21,30H,6-15H2,1-5H3/t17-,18+,19?,20?,21?,23-,24?,25-/m0/s1. The molecule has 4 heteroatoms. The van der Waals surface area contributed by atoms with E-state index in [-0.39, 0.29) is 17.8 Å². The van der Waals surface area contributed by atoms with Gasteiger partial charge in [0.25, 0.3) is 0 Å². The Labute approximate surface area is 181 Å². The van der Waals surface area contributed by atoms with Crippen LogP contribution >= 0.6 is 0 Å². The van der Waals surface area contributed by atoms with Crippen LogP contribution < -0.4 is 0 Å². The van der Waals surface area contributed by atoms with Crippen molar-refractivity contribution in [2.45, 2.75) is 110 Å². The van der Waals surface area contributed by atoms with Gasteiger partial charge in [0.2, 0.25) is 5.78 Å². The molecule has 4 unspecified atom stereocenters. The Bertz CT molecular complexity index is 687. The van der Waals surface area contributed by atoms with E-state index in [4.69, 9.17) is 0 Å². The number of carbonyl (C=O) groups excluding carboxylic acids is 1. The Hall–Kier alpha value is -0.510. The van der Waals surface area contributed by atoms with Gasteiger partial charge in [-0.1, -0.05) is 27.7 Å². The molecule has 0 aromatic carbocycles. The molecule has 4 aliphatic carbocycles. The van der Waals surface area contributed by atoms with Crippen LogP contribution in [0.5, 0.6) is 0 Å². The quantitative estimate of drug-likeness (QED) is 0.549. The summed E-state index contributed by atoms with van der Waals surface area (Å²) in [6.45, 7) is 9.90. The lowest BCUT2D eigenvalue weighted by atomic mass is 9.44. The molecule has 0 heterocycles. The lowest BCUT2D eigenvalue weighted by Crippen LogP contribution is -2.55. The number of Topliss-reactive ketones (excluding diaryl/α,β-unsaturated/α-hetero) is 1. The van der Waals surface area contributed by atoms with E-state index in [1.54, 1.807) is 13.8 Å². The van der Waals surface area contributed by atoms with Gasteiger partial charge in [-0.05, 0) is 105 Å². The van der Waals surface area contributed by atoms with Gasteiger partial charge in [-0.25, -0.2) is 0 Å². The van der Waals surface area contributed by atoms with Crippen LogP contribution in [0.25, 0.3) is 0 Å². The Balaban J connectivity index is 1.52. The van der Waals surface area contributed by atoms with Crippen molar-refractivity contribution in [3.05, 3.63) is 0 Å². The molecule has 8 atom stereocenters. The van der Waals surface area contributed by atoms with Gasteiger partial charge in [-0.2, -0.15) is 8.78 Å². The van der Waals surface area contributed by atoms with Crippen LogP contribution in [0.4, 0.5) is 8.78 Å². The average molecular weight is 425 g/mol. The zero-order valence-electron chi connectivity index (χ0n) is 19.6. The summed E-state index contributed by atoms with van der Waals surface area (Å²) < 4.78 is 29.5. The molecule has 0 spiro atoms. The summed E-state index contributed by atoms with van der Waals surface area (Å²) in [6, 6.07) is 0. The molecular formula is C26H42F2O2. The number of fused-ring (bicyclic) bond motifs is 5.